The SMILES string of the molecule is O=C(O)C(C(=O)Cl)C1C2CC3CC(C2)CC1C3. The third-order valence-corrected chi connectivity index (χ3v) is 5.43. The van der Waals surface area contributed by atoms with Gasteiger partial charge in [-0.1, -0.05) is 0 Å². The molecule has 4 rings (SSSR count). The first kappa shape index (κ1) is 11.5. The Labute approximate surface area is 106 Å². The summed E-state index contributed by atoms with van der Waals surface area (Å²) < 4.78 is 0. The Morgan fingerprint density at radius 3 is 1.82 bits per heavy atom. The van der Waals surface area contributed by atoms with Crippen molar-refractivity contribution in [3.63, 3.8) is 0 Å². The van der Waals surface area contributed by atoms with E-state index in [9.17, 15) is 14.7 Å². The summed E-state index contributed by atoms with van der Waals surface area (Å²) in [6.07, 6.45) is 5.79. The van der Waals surface area contributed by atoms with Gasteiger partial charge in [-0.05, 0) is 73.3 Å². The van der Waals surface area contributed by atoms with Crippen molar-refractivity contribution in [3.8, 4) is 0 Å². The summed E-state index contributed by atoms with van der Waals surface area (Å²) in [5.74, 6) is 0.437. The maximum absolute atomic E-state index is 11.4. The van der Waals surface area contributed by atoms with Crippen LogP contribution in [0.2, 0.25) is 0 Å². The summed E-state index contributed by atoms with van der Waals surface area (Å²) in [4.78, 5) is 22.7. The van der Waals surface area contributed by atoms with Crippen molar-refractivity contribution < 1.29 is 14.7 Å². The van der Waals surface area contributed by atoms with E-state index in [2.05, 4.69) is 0 Å². The smallest absolute Gasteiger partial charge is 0.315 e. The summed E-state index contributed by atoms with van der Waals surface area (Å²) in [7, 11) is 0. The van der Waals surface area contributed by atoms with Gasteiger partial charge in [-0.3, -0.25) is 9.59 Å². The average molecular weight is 257 g/mol. The number of hydrogen-bond donors (Lipinski definition) is 1. The van der Waals surface area contributed by atoms with Crippen molar-refractivity contribution in [2.45, 2.75) is 32.1 Å². The predicted molar refractivity (Wildman–Crippen MR) is 62.5 cm³/mol. The molecule has 3 nitrogen and oxygen atoms in total. The zero-order valence-electron chi connectivity index (χ0n) is 9.64. The third-order valence-electron chi connectivity index (χ3n) is 5.20. The van der Waals surface area contributed by atoms with E-state index in [1.54, 1.807) is 0 Å². The minimum Gasteiger partial charge on any atom is -0.481 e. The molecule has 0 aromatic carbocycles. The van der Waals surface area contributed by atoms with E-state index in [0.29, 0.717) is 11.8 Å². The number of rotatable bonds is 3. The van der Waals surface area contributed by atoms with Crippen LogP contribution in [0.5, 0.6) is 0 Å². The van der Waals surface area contributed by atoms with Crippen LogP contribution in [0, 0.1) is 35.5 Å². The largest absolute Gasteiger partial charge is 0.481 e. The molecule has 0 spiro atoms. The number of carbonyl (C=O) groups is 2. The number of halogens is 1. The number of carboxylic acids is 1. The lowest BCUT2D eigenvalue weighted by atomic mass is 9.50. The van der Waals surface area contributed by atoms with Crippen LogP contribution in [0.1, 0.15) is 32.1 Å². The first-order chi connectivity index (χ1) is 8.06. The average Bonchev–Trinajstić information content (AvgIpc) is 2.20. The van der Waals surface area contributed by atoms with Crippen molar-refractivity contribution in [2.24, 2.45) is 35.5 Å². The second-order valence-corrected chi connectivity index (χ2v) is 6.50. The fraction of sp³-hybridized carbons (Fsp3) is 0.846. The Morgan fingerprint density at radius 2 is 1.47 bits per heavy atom. The Balaban J connectivity index is 1.88. The summed E-state index contributed by atoms with van der Waals surface area (Å²) in [6, 6.07) is 0. The molecule has 0 heterocycles. The highest BCUT2D eigenvalue weighted by Gasteiger charge is 2.53. The van der Waals surface area contributed by atoms with Crippen LogP contribution in [-0.2, 0) is 9.59 Å². The van der Waals surface area contributed by atoms with E-state index in [1.807, 2.05) is 0 Å². The van der Waals surface area contributed by atoms with Crippen LogP contribution in [0.4, 0.5) is 0 Å². The standard InChI is InChI=1S/C13H17ClO3/c14-12(15)11(13(16)17)10-8-2-6-1-7(4-8)5-9(10)3-6/h6-11H,1-5H2,(H,16,17). The van der Waals surface area contributed by atoms with Gasteiger partial charge in [0.25, 0.3) is 0 Å². The normalized spacial score (nSPS) is 44.6. The second kappa shape index (κ2) is 3.98. The molecule has 4 bridgehead atoms. The first-order valence-electron chi connectivity index (χ1n) is 6.48. The fourth-order valence-corrected chi connectivity index (χ4v) is 5.16. The van der Waals surface area contributed by atoms with Crippen LogP contribution < -0.4 is 0 Å². The minimum absolute atomic E-state index is 0.00491. The fourth-order valence-electron chi connectivity index (χ4n) is 4.92. The minimum atomic E-state index is -1.03. The quantitative estimate of drug-likeness (QED) is 0.624. The van der Waals surface area contributed by atoms with Gasteiger partial charge in [0.05, 0.1) is 0 Å². The number of carbonyl (C=O) groups excluding carboxylic acids is 1. The van der Waals surface area contributed by atoms with E-state index in [-0.39, 0.29) is 5.92 Å². The maximum atomic E-state index is 11.4. The zero-order chi connectivity index (χ0) is 12.2. The molecule has 4 aliphatic rings. The van der Waals surface area contributed by atoms with Crippen molar-refractivity contribution in [1.29, 1.82) is 0 Å². The van der Waals surface area contributed by atoms with Crippen LogP contribution in [0.15, 0.2) is 0 Å². The molecule has 4 fully saturated rings. The van der Waals surface area contributed by atoms with Crippen molar-refractivity contribution >= 4 is 22.8 Å². The van der Waals surface area contributed by atoms with Crippen molar-refractivity contribution in [3.05, 3.63) is 0 Å². The highest BCUT2D eigenvalue weighted by Crippen LogP contribution is 2.58. The highest BCUT2D eigenvalue weighted by atomic mass is 35.5. The number of aliphatic carboxylic acids is 1. The first-order valence-corrected chi connectivity index (χ1v) is 6.86. The van der Waals surface area contributed by atoms with Gasteiger partial charge in [-0.2, -0.15) is 0 Å². The molecule has 4 aliphatic carbocycles. The molecule has 0 aromatic heterocycles. The van der Waals surface area contributed by atoms with Gasteiger partial charge >= 0.3 is 5.97 Å². The predicted octanol–water partition coefficient (Wildman–Crippen LogP) is 2.52. The van der Waals surface area contributed by atoms with E-state index in [4.69, 9.17) is 11.6 Å². The van der Waals surface area contributed by atoms with Gasteiger partial charge in [0.2, 0.25) is 5.24 Å². The summed E-state index contributed by atoms with van der Waals surface area (Å²) in [6.45, 7) is 0. The lowest BCUT2D eigenvalue weighted by Crippen LogP contribution is -2.50. The highest BCUT2D eigenvalue weighted by molar-refractivity contribution is 6.65. The third kappa shape index (κ3) is 1.79. The Morgan fingerprint density at radius 1 is 1.00 bits per heavy atom. The lowest BCUT2D eigenvalue weighted by Gasteiger charge is -2.55. The lowest BCUT2D eigenvalue weighted by molar-refractivity contribution is -0.154. The second-order valence-electron chi connectivity index (χ2n) is 6.13. The monoisotopic (exact) mass is 256 g/mol. The molecule has 4 saturated carbocycles. The Kier molecular flexibility index (Phi) is 2.69. The molecule has 0 amide bonds. The summed E-state index contributed by atoms with van der Waals surface area (Å²) >= 11 is 5.51. The van der Waals surface area contributed by atoms with E-state index >= 15 is 0 Å². The molecule has 1 N–H and O–H groups in total. The molecule has 0 aliphatic heterocycles. The van der Waals surface area contributed by atoms with Gasteiger partial charge in [-0.25, -0.2) is 0 Å². The topological polar surface area (TPSA) is 54.4 Å². The van der Waals surface area contributed by atoms with Crippen LogP contribution in [0.3, 0.4) is 0 Å². The molecule has 0 radical (unpaired) electrons. The summed E-state index contributed by atoms with van der Waals surface area (Å²) in [5, 5.41) is 8.55. The van der Waals surface area contributed by atoms with Gasteiger partial charge in [0.15, 0.2) is 0 Å². The van der Waals surface area contributed by atoms with Crippen LogP contribution >= 0.6 is 11.6 Å². The molecule has 1 atom stereocenters. The van der Waals surface area contributed by atoms with Crippen molar-refractivity contribution in [2.75, 3.05) is 0 Å². The van der Waals surface area contributed by atoms with Gasteiger partial charge in [0.1, 0.15) is 5.92 Å². The van der Waals surface area contributed by atoms with Gasteiger partial charge in [0, 0.05) is 0 Å². The molecule has 1 unspecified atom stereocenters. The van der Waals surface area contributed by atoms with Crippen molar-refractivity contribution in [1.82, 2.24) is 0 Å². The van der Waals surface area contributed by atoms with E-state index in [1.165, 1.54) is 6.42 Å². The summed E-state index contributed by atoms with van der Waals surface area (Å²) in [5.41, 5.74) is 0. The molecule has 17 heavy (non-hydrogen) atoms. The maximum Gasteiger partial charge on any atom is 0.315 e. The van der Waals surface area contributed by atoms with Crippen LogP contribution in [-0.4, -0.2) is 16.3 Å². The molecular formula is C13H17ClO3. The van der Waals surface area contributed by atoms with Gasteiger partial charge < -0.3 is 5.11 Å². The van der Waals surface area contributed by atoms with E-state index in [0.717, 1.165) is 37.5 Å². The zero-order valence-corrected chi connectivity index (χ0v) is 10.4. The van der Waals surface area contributed by atoms with Gasteiger partial charge in [-0.15, -0.1) is 0 Å². The number of hydrogen-bond acceptors (Lipinski definition) is 2. The Hall–Kier alpha value is -0.570. The number of carboxylic acid groups (broad SMARTS) is 1. The van der Waals surface area contributed by atoms with Crippen LogP contribution in [0.25, 0.3) is 0 Å². The molecule has 94 valence electrons. The van der Waals surface area contributed by atoms with E-state index < -0.39 is 17.1 Å². The molecule has 0 saturated heterocycles. The Bertz CT molecular complexity index is 324. The molecule has 0 aromatic rings. The molecular weight excluding hydrogens is 240 g/mol. The molecule has 4 heteroatoms.